The topological polar surface area (TPSA) is 72.7 Å². The van der Waals surface area contributed by atoms with E-state index in [1.807, 2.05) is 11.0 Å². The van der Waals surface area contributed by atoms with Crippen molar-refractivity contribution in [1.82, 2.24) is 24.6 Å². The van der Waals surface area contributed by atoms with Gasteiger partial charge in [0.15, 0.2) is 0 Å². The van der Waals surface area contributed by atoms with Crippen LogP contribution in [0.5, 0.6) is 5.75 Å². The second-order valence-electron chi connectivity index (χ2n) is 7.70. The molecule has 1 amide bonds. The van der Waals surface area contributed by atoms with Crippen LogP contribution in [0.2, 0.25) is 0 Å². The van der Waals surface area contributed by atoms with Crippen molar-refractivity contribution in [2.24, 2.45) is 0 Å². The first kappa shape index (κ1) is 19.8. The lowest BCUT2D eigenvalue weighted by atomic mass is 10.1. The summed E-state index contributed by atoms with van der Waals surface area (Å²) in [6.07, 6.45) is 5.87. The van der Waals surface area contributed by atoms with Crippen molar-refractivity contribution in [3.8, 4) is 5.75 Å². The summed E-state index contributed by atoms with van der Waals surface area (Å²) in [4.78, 5) is 21.1. The summed E-state index contributed by atoms with van der Waals surface area (Å²) < 4.78 is 12.9. The van der Waals surface area contributed by atoms with Crippen LogP contribution in [0.25, 0.3) is 0 Å². The third-order valence-corrected chi connectivity index (χ3v) is 5.66. The molecular weight excluding hydrogens is 370 g/mol. The Morgan fingerprint density at radius 2 is 2.14 bits per heavy atom. The molecule has 1 aromatic carbocycles. The number of aromatic nitrogens is 3. The molecule has 1 aromatic heterocycles. The molecule has 2 aliphatic rings. The zero-order valence-electron chi connectivity index (χ0n) is 17.0. The largest absolute Gasteiger partial charge is 0.496 e. The lowest BCUT2D eigenvalue weighted by Crippen LogP contribution is -2.41. The van der Waals surface area contributed by atoms with Gasteiger partial charge < -0.3 is 14.4 Å². The molecule has 4 rings (SSSR count). The Hall–Kier alpha value is -2.45. The van der Waals surface area contributed by atoms with E-state index in [2.05, 4.69) is 27.1 Å². The van der Waals surface area contributed by atoms with E-state index in [1.165, 1.54) is 11.9 Å². The first-order valence-electron chi connectivity index (χ1n) is 10.3. The standard InChI is InChI=1S/C21H29N5O3/c1-28-19-6-5-17(12-18(19)14-26-16-22-15-23-26)13-24-7-3-8-25(10-9-24)21(27)20-4-2-11-29-20/h5-6,12,15-16,20H,2-4,7-11,13-14H2,1H3. The van der Waals surface area contributed by atoms with Crippen molar-refractivity contribution in [3.05, 3.63) is 42.0 Å². The average Bonchev–Trinajstić information content (AvgIpc) is 3.40. The molecule has 0 spiro atoms. The molecule has 1 unspecified atom stereocenters. The van der Waals surface area contributed by atoms with Crippen LogP contribution in [-0.2, 0) is 22.6 Å². The SMILES string of the molecule is COc1ccc(CN2CCCN(C(=O)C3CCCO3)CC2)cc1Cn1cncn1. The van der Waals surface area contributed by atoms with Gasteiger partial charge in [0.1, 0.15) is 24.5 Å². The number of carbonyl (C=O) groups is 1. The highest BCUT2D eigenvalue weighted by Gasteiger charge is 2.29. The van der Waals surface area contributed by atoms with Crippen LogP contribution < -0.4 is 4.74 Å². The van der Waals surface area contributed by atoms with Crippen LogP contribution in [0.4, 0.5) is 0 Å². The molecule has 0 bridgehead atoms. The number of ether oxygens (including phenoxy) is 2. The summed E-state index contributed by atoms with van der Waals surface area (Å²) in [6, 6.07) is 6.32. The van der Waals surface area contributed by atoms with Crippen LogP contribution >= 0.6 is 0 Å². The van der Waals surface area contributed by atoms with Gasteiger partial charge in [-0.2, -0.15) is 5.10 Å². The molecular formula is C21H29N5O3. The van der Waals surface area contributed by atoms with Crippen LogP contribution in [0, 0.1) is 0 Å². The summed E-state index contributed by atoms with van der Waals surface area (Å²) in [6.45, 7) is 5.64. The first-order chi connectivity index (χ1) is 14.2. The quantitative estimate of drug-likeness (QED) is 0.734. The van der Waals surface area contributed by atoms with Crippen molar-refractivity contribution < 1.29 is 14.3 Å². The van der Waals surface area contributed by atoms with E-state index in [0.29, 0.717) is 13.2 Å². The Bertz CT molecular complexity index is 805. The van der Waals surface area contributed by atoms with E-state index in [4.69, 9.17) is 9.47 Å². The molecule has 29 heavy (non-hydrogen) atoms. The maximum Gasteiger partial charge on any atom is 0.251 e. The van der Waals surface area contributed by atoms with Gasteiger partial charge in [-0.15, -0.1) is 0 Å². The fourth-order valence-electron chi connectivity index (χ4n) is 4.13. The highest BCUT2D eigenvalue weighted by atomic mass is 16.5. The fourth-order valence-corrected chi connectivity index (χ4v) is 4.13. The summed E-state index contributed by atoms with van der Waals surface area (Å²) in [5.74, 6) is 1.03. The van der Waals surface area contributed by atoms with Crippen LogP contribution in [-0.4, -0.2) is 76.5 Å². The molecule has 0 N–H and O–H groups in total. The molecule has 8 heteroatoms. The van der Waals surface area contributed by atoms with Crippen molar-refractivity contribution in [2.75, 3.05) is 39.9 Å². The van der Waals surface area contributed by atoms with Crippen molar-refractivity contribution in [1.29, 1.82) is 0 Å². The Balaban J connectivity index is 1.38. The normalized spacial score (nSPS) is 20.6. The van der Waals surface area contributed by atoms with Gasteiger partial charge in [-0.05, 0) is 37.0 Å². The third kappa shape index (κ3) is 4.94. The number of nitrogens with zero attached hydrogens (tertiary/aromatic N) is 5. The number of hydrogen-bond donors (Lipinski definition) is 0. The zero-order valence-corrected chi connectivity index (χ0v) is 17.0. The van der Waals surface area contributed by atoms with Gasteiger partial charge in [0.25, 0.3) is 5.91 Å². The van der Waals surface area contributed by atoms with Gasteiger partial charge in [-0.1, -0.05) is 6.07 Å². The molecule has 1 atom stereocenters. The van der Waals surface area contributed by atoms with E-state index < -0.39 is 0 Å². The van der Waals surface area contributed by atoms with E-state index >= 15 is 0 Å². The number of hydrogen-bond acceptors (Lipinski definition) is 6. The van der Waals surface area contributed by atoms with Crippen molar-refractivity contribution >= 4 is 5.91 Å². The molecule has 0 aliphatic carbocycles. The summed E-state index contributed by atoms with van der Waals surface area (Å²) in [5.41, 5.74) is 2.32. The Labute approximate surface area is 171 Å². The van der Waals surface area contributed by atoms with Gasteiger partial charge >= 0.3 is 0 Å². The van der Waals surface area contributed by atoms with Crippen LogP contribution in [0.1, 0.15) is 30.4 Å². The highest BCUT2D eigenvalue weighted by Crippen LogP contribution is 2.22. The van der Waals surface area contributed by atoms with Crippen LogP contribution in [0.3, 0.4) is 0 Å². The van der Waals surface area contributed by atoms with Crippen LogP contribution in [0.15, 0.2) is 30.9 Å². The first-order valence-corrected chi connectivity index (χ1v) is 10.3. The van der Waals surface area contributed by atoms with Gasteiger partial charge in [0.2, 0.25) is 0 Å². The smallest absolute Gasteiger partial charge is 0.251 e. The number of amides is 1. The second kappa shape index (κ2) is 9.37. The number of carbonyl (C=O) groups excluding carboxylic acids is 1. The molecule has 0 radical (unpaired) electrons. The lowest BCUT2D eigenvalue weighted by molar-refractivity contribution is -0.140. The minimum absolute atomic E-state index is 0.170. The molecule has 8 nitrogen and oxygen atoms in total. The number of rotatable bonds is 6. The summed E-state index contributed by atoms with van der Waals surface area (Å²) in [5, 5.41) is 4.19. The second-order valence-corrected chi connectivity index (χ2v) is 7.70. The van der Waals surface area contributed by atoms with Gasteiger partial charge in [-0.3, -0.25) is 9.69 Å². The number of benzene rings is 1. The van der Waals surface area contributed by atoms with E-state index in [0.717, 1.165) is 63.3 Å². The molecule has 3 heterocycles. The maximum absolute atomic E-state index is 12.6. The molecule has 156 valence electrons. The maximum atomic E-state index is 12.6. The zero-order chi connectivity index (χ0) is 20.1. The van der Waals surface area contributed by atoms with E-state index in [-0.39, 0.29) is 12.0 Å². The molecule has 2 saturated heterocycles. The Morgan fingerprint density at radius 3 is 2.90 bits per heavy atom. The molecule has 2 aliphatic heterocycles. The van der Waals surface area contributed by atoms with Crippen molar-refractivity contribution in [3.63, 3.8) is 0 Å². The molecule has 2 aromatic rings. The summed E-state index contributed by atoms with van der Waals surface area (Å²) in [7, 11) is 1.69. The fraction of sp³-hybridized carbons (Fsp3) is 0.571. The van der Waals surface area contributed by atoms with Gasteiger partial charge in [-0.25, -0.2) is 9.67 Å². The predicted octanol–water partition coefficient (Wildman–Crippen LogP) is 1.55. The van der Waals surface area contributed by atoms with Gasteiger partial charge in [0, 0.05) is 44.9 Å². The molecule has 2 fully saturated rings. The number of methoxy groups -OCH3 is 1. The molecule has 0 saturated carbocycles. The van der Waals surface area contributed by atoms with Crippen molar-refractivity contribution in [2.45, 2.75) is 38.5 Å². The minimum atomic E-state index is -0.220. The predicted molar refractivity (Wildman–Crippen MR) is 108 cm³/mol. The van der Waals surface area contributed by atoms with E-state index in [1.54, 1.807) is 18.1 Å². The van der Waals surface area contributed by atoms with Gasteiger partial charge in [0.05, 0.1) is 13.7 Å². The Morgan fingerprint density at radius 1 is 1.21 bits per heavy atom. The highest BCUT2D eigenvalue weighted by molar-refractivity contribution is 5.81. The average molecular weight is 399 g/mol. The van der Waals surface area contributed by atoms with E-state index in [9.17, 15) is 4.79 Å². The Kier molecular flexibility index (Phi) is 6.41. The minimum Gasteiger partial charge on any atom is -0.496 e. The third-order valence-electron chi connectivity index (χ3n) is 5.66. The summed E-state index contributed by atoms with van der Waals surface area (Å²) >= 11 is 0. The monoisotopic (exact) mass is 399 g/mol. The lowest BCUT2D eigenvalue weighted by Gasteiger charge is -2.24.